The molecule has 4 nitrogen and oxygen atoms in total. The molecule has 44 valence electrons. The van der Waals surface area contributed by atoms with Gasteiger partial charge in [0.25, 0.3) is 0 Å². The van der Waals surface area contributed by atoms with Crippen LogP contribution in [-0.4, -0.2) is 104 Å². The van der Waals surface area contributed by atoms with E-state index in [-0.39, 0.29) is 104 Å². The van der Waals surface area contributed by atoms with E-state index in [2.05, 4.69) is 0 Å². The second-order valence-electron chi connectivity index (χ2n) is 0. The van der Waals surface area contributed by atoms with Gasteiger partial charge in [-0.15, -0.1) is 0 Å². The first-order valence-electron chi connectivity index (χ1n) is 0. The van der Waals surface area contributed by atoms with Gasteiger partial charge in [-0.25, -0.2) is 0 Å². The first kappa shape index (κ1) is 105. The normalized spacial score (nSPS) is 0. The summed E-state index contributed by atoms with van der Waals surface area (Å²) in [4.78, 5) is 0. The maximum Gasteiger partial charge on any atom is 0 e. The molecule has 0 saturated carbocycles. The van der Waals surface area contributed by atoms with E-state index in [0.29, 0.717) is 0 Å². The van der Waals surface area contributed by atoms with Crippen LogP contribution >= 0.6 is 0 Å². The Labute approximate surface area is 102 Å². The smallest absolute Gasteiger partial charge is 0 e. The van der Waals surface area contributed by atoms with Crippen molar-refractivity contribution in [2.24, 2.45) is 0 Å². The molecule has 0 aromatic heterocycles. The van der Waals surface area contributed by atoms with Crippen molar-refractivity contribution in [3.8, 4) is 0 Å². The Hall–Kier alpha value is 2.61. The van der Waals surface area contributed by atoms with E-state index in [1.807, 2.05) is 0 Å². The van der Waals surface area contributed by atoms with E-state index in [1.165, 1.54) is 0 Å². The maximum absolute atomic E-state index is 0. The van der Waals surface area contributed by atoms with Crippen LogP contribution in [0.25, 0.3) is 0 Å². The van der Waals surface area contributed by atoms with Gasteiger partial charge in [-0.05, 0) is 0 Å². The third-order valence-electron chi connectivity index (χ3n) is 0. The molecule has 12 radical (unpaired) electrons. The molecule has 0 heterocycles. The standard InChI is InChI=1S/4H2O.3Pb/h4*1H2;;;. The summed E-state index contributed by atoms with van der Waals surface area (Å²) in [5.74, 6) is 0. The van der Waals surface area contributed by atoms with E-state index in [9.17, 15) is 0 Å². The van der Waals surface area contributed by atoms with Crippen molar-refractivity contribution in [3.05, 3.63) is 0 Å². The summed E-state index contributed by atoms with van der Waals surface area (Å²) in [6.07, 6.45) is 0. The monoisotopic (exact) mass is 696 g/mol. The molecule has 7 heavy (non-hydrogen) atoms. The van der Waals surface area contributed by atoms with E-state index in [1.54, 1.807) is 0 Å². The van der Waals surface area contributed by atoms with Gasteiger partial charge < -0.3 is 21.9 Å². The molecule has 0 aliphatic rings. The van der Waals surface area contributed by atoms with Crippen LogP contribution in [0.1, 0.15) is 0 Å². The quantitative estimate of drug-likeness (QED) is 0.228. The molecule has 0 aliphatic heterocycles. The average molecular weight is 694 g/mol. The van der Waals surface area contributed by atoms with E-state index < -0.39 is 0 Å². The predicted octanol–water partition coefficient (Wildman–Crippen LogP) is -4.44. The summed E-state index contributed by atoms with van der Waals surface area (Å²) in [5, 5.41) is 0. The molecule has 0 aliphatic carbocycles. The van der Waals surface area contributed by atoms with Crippen LogP contribution < -0.4 is 0 Å². The second-order valence-corrected chi connectivity index (χ2v) is 0. The van der Waals surface area contributed by atoms with Gasteiger partial charge in [-0.1, -0.05) is 0 Å². The SMILES string of the molecule is O.O.O.O.[Pb].[Pb].[Pb]. The molecule has 8 N–H and O–H groups in total. The van der Waals surface area contributed by atoms with Crippen molar-refractivity contribution in [2.75, 3.05) is 0 Å². The summed E-state index contributed by atoms with van der Waals surface area (Å²) >= 11 is 0. The van der Waals surface area contributed by atoms with Crippen LogP contribution in [0.4, 0.5) is 0 Å². The topological polar surface area (TPSA) is 126 Å². The van der Waals surface area contributed by atoms with E-state index in [4.69, 9.17) is 0 Å². The van der Waals surface area contributed by atoms with Crippen LogP contribution in [0.15, 0.2) is 0 Å². The Balaban J connectivity index is 0. The van der Waals surface area contributed by atoms with Gasteiger partial charge in [0.15, 0.2) is 0 Å². The van der Waals surface area contributed by atoms with Gasteiger partial charge in [0.1, 0.15) is 0 Å². The summed E-state index contributed by atoms with van der Waals surface area (Å²) in [5.41, 5.74) is 0. The molecule has 7 heteroatoms. The van der Waals surface area contributed by atoms with Crippen molar-refractivity contribution >= 4 is 81.9 Å². The van der Waals surface area contributed by atoms with Gasteiger partial charge in [0.2, 0.25) is 0 Å². The molecular formula is H8O4Pb3. The fraction of sp³-hybridized carbons (Fsp3) is 0. The molecule has 0 fully saturated rings. The van der Waals surface area contributed by atoms with Crippen molar-refractivity contribution < 1.29 is 21.9 Å². The minimum Gasteiger partial charge on any atom is -0.412 e. The van der Waals surface area contributed by atoms with Crippen molar-refractivity contribution in [3.63, 3.8) is 0 Å². The fourth-order valence-corrected chi connectivity index (χ4v) is 0. The second kappa shape index (κ2) is 73.3. The number of rotatable bonds is 0. The van der Waals surface area contributed by atoms with Gasteiger partial charge in [-0.2, -0.15) is 0 Å². The molecule has 0 unspecified atom stereocenters. The van der Waals surface area contributed by atoms with Crippen LogP contribution in [0, 0.1) is 0 Å². The predicted molar refractivity (Wildman–Crippen MR) is 31.7 cm³/mol. The summed E-state index contributed by atoms with van der Waals surface area (Å²) in [6, 6.07) is 0. The van der Waals surface area contributed by atoms with Gasteiger partial charge in [-0.3, -0.25) is 0 Å². The number of hydrogen-bond donors (Lipinski definition) is 0. The minimum atomic E-state index is 0. The Morgan fingerprint density at radius 2 is 0.286 bits per heavy atom. The molecule has 0 aromatic rings. The first-order chi connectivity index (χ1) is 0. The average Bonchev–Trinajstić information content (AvgIpc) is 0. The zero-order chi connectivity index (χ0) is 0. The summed E-state index contributed by atoms with van der Waals surface area (Å²) < 4.78 is 0. The fourth-order valence-electron chi connectivity index (χ4n) is 0. The van der Waals surface area contributed by atoms with Crippen LogP contribution in [-0.2, 0) is 0 Å². The van der Waals surface area contributed by atoms with Crippen molar-refractivity contribution in [1.29, 1.82) is 0 Å². The Kier molecular flexibility index (Phi) is 1100. The minimum absolute atomic E-state index is 0. The summed E-state index contributed by atoms with van der Waals surface area (Å²) in [7, 11) is 0. The van der Waals surface area contributed by atoms with E-state index >= 15 is 0 Å². The van der Waals surface area contributed by atoms with Crippen LogP contribution in [0.3, 0.4) is 0 Å². The molecule has 0 atom stereocenters. The summed E-state index contributed by atoms with van der Waals surface area (Å²) in [6.45, 7) is 0. The third-order valence-corrected chi connectivity index (χ3v) is 0. The zero-order valence-corrected chi connectivity index (χ0v) is 15.2. The van der Waals surface area contributed by atoms with Gasteiger partial charge in [0.05, 0.1) is 0 Å². The molecule has 0 spiro atoms. The Morgan fingerprint density at radius 3 is 0.286 bits per heavy atom. The molecular weight excluding hydrogens is 686 g/mol. The maximum atomic E-state index is 0. The molecule has 0 aromatic carbocycles. The van der Waals surface area contributed by atoms with Gasteiger partial charge in [0, 0.05) is 81.9 Å². The number of hydrogen-bond acceptors (Lipinski definition) is 0. The van der Waals surface area contributed by atoms with Crippen molar-refractivity contribution in [2.45, 2.75) is 0 Å². The van der Waals surface area contributed by atoms with Crippen LogP contribution in [0.5, 0.6) is 0 Å². The molecule has 0 saturated heterocycles. The zero-order valence-electron chi connectivity index (χ0n) is 3.50. The Bertz CT molecular complexity index is 6.90. The molecule has 0 bridgehead atoms. The van der Waals surface area contributed by atoms with Crippen molar-refractivity contribution in [1.82, 2.24) is 0 Å². The first-order valence-corrected chi connectivity index (χ1v) is 0. The van der Waals surface area contributed by atoms with E-state index in [0.717, 1.165) is 0 Å². The largest absolute Gasteiger partial charge is 0.412 e. The third kappa shape index (κ3) is 55.3. The van der Waals surface area contributed by atoms with Crippen LogP contribution in [0.2, 0.25) is 0 Å². The van der Waals surface area contributed by atoms with Gasteiger partial charge >= 0.3 is 0 Å². The molecule has 0 rings (SSSR count). The Morgan fingerprint density at radius 1 is 0.286 bits per heavy atom. The molecule has 0 amide bonds.